The van der Waals surface area contributed by atoms with Crippen molar-refractivity contribution in [3.05, 3.63) is 0 Å². The standard InChI is InChI=1S/C14H25NO2/c1-10-5-6-12(9-11(10)2)17-13(16)14(3)7-4-8-15-14/h10-12,15H,4-9H2,1-3H3. The van der Waals surface area contributed by atoms with Gasteiger partial charge in [0.05, 0.1) is 0 Å². The third-order valence-corrected chi connectivity index (χ3v) is 4.64. The lowest BCUT2D eigenvalue weighted by Gasteiger charge is -2.33. The van der Waals surface area contributed by atoms with Crippen LogP contribution >= 0.6 is 0 Å². The summed E-state index contributed by atoms with van der Waals surface area (Å²) < 4.78 is 5.70. The van der Waals surface area contributed by atoms with Gasteiger partial charge in [-0.25, -0.2) is 0 Å². The van der Waals surface area contributed by atoms with Gasteiger partial charge in [-0.3, -0.25) is 4.79 Å². The van der Waals surface area contributed by atoms with Gasteiger partial charge >= 0.3 is 5.97 Å². The van der Waals surface area contributed by atoms with Crippen LogP contribution in [-0.4, -0.2) is 24.2 Å². The molecule has 0 aromatic carbocycles. The van der Waals surface area contributed by atoms with Gasteiger partial charge in [0, 0.05) is 0 Å². The van der Waals surface area contributed by atoms with Crippen LogP contribution in [0.25, 0.3) is 0 Å². The molecule has 1 saturated carbocycles. The predicted molar refractivity (Wildman–Crippen MR) is 67.7 cm³/mol. The number of ether oxygens (including phenoxy) is 1. The summed E-state index contributed by atoms with van der Waals surface area (Å²) in [5, 5.41) is 3.27. The highest BCUT2D eigenvalue weighted by atomic mass is 16.5. The lowest BCUT2D eigenvalue weighted by Crippen LogP contribution is -2.47. The van der Waals surface area contributed by atoms with Crippen molar-refractivity contribution < 1.29 is 9.53 Å². The first kappa shape index (κ1) is 12.9. The minimum Gasteiger partial charge on any atom is -0.461 e. The Bertz CT molecular complexity index is 284. The fraction of sp³-hybridized carbons (Fsp3) is 0.929. The van der Waals surface area contributed by atoms with E-state index in [-0.39, 0.29) is 12.1 Å². The van der Waals surface area contributed by atoms with Gasteiger partial charge in [-0.05, 0) is 57.4 Å². The Balaban J connectivity index is 1.86. The van der Waals surface area contributed by atoms with Crippen LogP contribution in [0.4, 0.5) is 0 Å². The van der Waals surface area contributed by atoms with E-state index in [1.807, 2.05) is 6.92 Å². The zero-order chi connectivity index (χ0) is 12.5. The highest BCUT2D eigenvalue weighted by Gasteiger charge is 2.39. The van der Waals surface area contributed by atoms with Crippen LogP contribution in [0.3, 0.4) is 0 Å². The molecule has 1 heterocycles. The molecule has 0 aromatic heterocycles. The zero-order valence-corrected chi connectivity index (χ0v) is 11.3. The Morgan fingerprint density at radius 1 is 1.29 bits per heavy atom. The number of hydrogen-bond acceptors (Lipinski definition) is 3. The van der Waals surface area contributed by atoms with E-state index in [9.17, 15) is 4.79 Å². The van der Waals surface area contributed by atoms with Gasteiger partial charge in [0.1, 0.15) is 11.6 Å². The van der Waals surface area contributed by atoms with Crippen LogP contribution in [0.1, 0.15) is 52.9 Å². The van der Waals surface area contributed by atoms with Crippen LogP contribution < -0.4 is 5.32 Å². The summed E-state index contributed by atoms with van der Waals surface area (Å²) in [6.07, 6.45) is 5.38. The maximum Gasteiger partial charge on any atom is 0.326 e. The van der Waals surface area contributed by atoms with Gasteiger partial charge in [-0.15, -0.1) is 0 Å². The fourth-order valence-electron chi connectivity index (χ4n) is 2.96. The first-order valence-electron chi connectivity index (χ1n) is 6.97. The monoisotopic (exact) mass is 239 g/mol. The van der Waals surface area contributed by atoms with E-state index in [0.717, 1.165) is 38.1 Å². The molecule has 4 unspecified atom stereocenters. The van der Waals surface area contributed by atoms with Crippen molar-refractivity contribution in [1.29, 1.82) is 0 Å². The molecular formula is C14H25NO2. The lowest BCUT2D eigenvalue weighted by atomic mass is 9.80. The Morgan fingerprint density at radius 3 is 2.65 bits per heavy atom. The normalized spacial score (nSPS) is 42.4. The van der Waals surface area contributed by atoms with Gasteiger partial charge in [0.2, 0.25) is 0 Å². The molecule has 1 saturated heterocycles. The molecule has 2 fully saturated rings. The van der Waals surface area contributed by atoms with Crippen molar-refractivity contribution in [2.75, 3.05) is 6.54 Å². The predicted octanol–water partition coefficient (Wildman–Crippen LogP) is 2.50. The van der Waals surface area contributed by atoms with Crippen LogP contribution in [0, 0.1) is 11.8 Å². The molecule has 0 aromatic rings. The lowest BCUT2D eigenvalue weighted by molar-refractivity contribution is -0.158. The molecule has 3 heteroatoms. The van der Waals surface area contributed by atoms with E-state index < -0.39 is 5.54 Å². The fourth-order valence-corrected chi connectivity index (χ4v) is 2.96. The largest absolute Gasteiger partial charge is 0.461 e. The second kappa shape index (κ2) is 4.97. The van der Waals surface area contributed by atoms with Gasteiger partial charge in [-0.1, -0.05) is 13.8 Å². The smallest absolute Gasteiger partial charge is 0.326 e. The van der Waals surface area contributed by atoms with Crippen molar-refractivity contribution in [2.24, 2.45) is 11.8 Å². The first-order valence-corrected chi connectivity index (χ1v) is 6.97. The Kier molecular flexibility index (Phi) is 3.76. The van der Waals surface area contributed by atoms with Gasteiger partial charge < -0.3 is 10.1 Å². The number of nitrogens with one attached hydrogen (secondary N) is 1. The third kappa shape index (κ3) is 2.82. The Hall–Kier alpha value is -0.570. The average molecular weight is 239 g/mol. The number of hydrogen-bond donors (Lipinski definition) is 1. The van der Waals surface area contributed by atoms with E-state index >= 15 is 0 Å². The maximum atomic E-state index is 12.1. The number of carbonyl (C=O) groups is 1. The first-order chi connectivity index (χ1) is 8.01. The molecule has 0 radical (unpaired) electrons. The second-order valence-electron chi connectivity index (χ2n) is 6.16. The molecule has 1 aliphatic carbocycles. The van der Waals surface area contributed by atoms with Crippen molar-refractivity contribution in [2.45, 2.75) is 64.5 Å². The SMILES string of the molecule is CC1CCC(OC(=O)C2(C)CCCN2)CC1C. The summed E-state index contributed by atoms with van der Waals surface area (Å²) in [7, 11) is 0. The second-order valence-corrected chi connectivity index (χ2v) is 6.16. The number of carbonyl (C=O) groups excluding carboxylic acids is 1. The van der Waals surface area contributed by atoms with Crippen LogP contribution in [0.5, 0.6) is 0 Å². The van der Waals surface area contributed by atoms with Crippen LogP contribution in [0.15, 0.2) is 0 Å². The summed E-state index contributed by atoms with van der Waals surface area (Å²) in [6.45, 7) is 7.46. The van der Waals surface area contributed by atoms with Crippen LogP contribution in [-0.2, 0) is 9.53 Å². The molecule has 2 rings (SSSR count). The van der Waals surface area contributed by atoms with E-state index in [1.165, 1.54) is 6.42 Å². The molecule has 4 atom stereocenters. The quantitative estimate of drug-likeness (QED) is 0.752. The Labute approximate surface area is 104 Å². The summed E-state index contributed by atoms with van der Waals surface area (Å²) in [5.74, 6) is 1.40. The molecule has 1 aliphatic heterocycles. The van der Waals surface area contributed by atoms with Crippen molar-refractivity contribution >= 4 is 5.97 Å². The summed E-state index contributed by atoms with van der Waals surface area (Å²) in [6, 6.07) is 0. The average Bonchev–Trinajstić information content (AvgIpc) is 2.72. The molecular weight excluding hydrogens is 214 g/mol. The van der Waals surface area contributed by atoms with E-state index in [2.05, 4.69) is 19.2 Å². The number of esters is 1. The summed E-state index contributed by atoms with van der Waals surface area (Å²) >= 11 is 0. The molecule has 17 heavy (non-hydrogen) atoms. The minimum absolute atomic E-state index is 0.0400. The third-order valence-electron chi connectivity index (χ3n) is 4.64. The summed E-state index contributed by atoms with van der Waals surface area (Å²) in [4.78, 5) is 12.1. The minimum atomic E-state index is -0.424. The summed E-state index contributed by atoms with van der Waals surface area (Å²) in [5.41, 5.74) is -0.424. The van der Waals surface area contributed by atoms with Gasteiger partial charge in [0.15, 0.2) is 0 Å². The van der Waals surface area contributed by atoms with Crippen molar-refractivity contribution in [3.63, 3.8) is 0 Å². The maximum absolute atomic E-state index is 12.1. The van der Waals surface area contributed by atoms with E-state index in [4.69, 9.17) is 4.74 Å². The molecule has 0 amide bonds. The highest BCUT2D eigenvalue weighted by molar-refractivity contribution is 5.80. The zero-order valence-electron chi connectivity index (χ0n) is 11.3. The van der Waals surface area contributed by atoms with Gasteiger partial charge in [0.25, 0.3) is 0 Å². The molecule has 0 spiro atoms. The van der Waals surface area contributed by atoms with Crippen LogP contribution in [0.2, 0.25) is 0 Å². The van der Waals surface area contributed by atoms with E-state index in [1.54, 1.807) is 0 Å². The molecule has 3 nitrogen and oxygen atoms in total. The molecule has 0 bridgehead atoms. The Morgan fingerprint density at radius 2 is 2.06 bits per heavy atom. The molecule has 1 N–H and O–H groups in total. The molecule has 98 valence electrons. The highest BCUT2D eigenvalue weighted by Crippen LogP contribution is 2.32. The molecule has 2 aliphatic rings. The number of rotatable bonds is 2. The van der Waals surface area contributed by atoms with Crippen molar-refractivity contribution in [3.8, 4) is 0 Å². The topological polar surface area (TPSA) is 38.3 Å². The van der Waals surface area contributed by atoms with E-state index in [0.29, 0.717) is 5.92 Å². The van der Waals surface area contributed by atoms with Gasteiger partial charge in [-0.2, -0.15) is 0 Å². The van der Waals surface area contributed by atoms with Crippen molar-refractivity contribution in [1.82, 2.24) is 5.32 Å².